The van der Waals surface area contributed by atoms with Crippen molar-refractivity contribution in [3.8, 4) is 17.1 Å². The fourth-order valence-corrected chi connectivity index (χ4v) is 4.92. The molecule has 2 aliphatic rings. The van der Waals surface area contributed by atoms with Crippen molar-refractivity contribution in [1.29, 1.82) is 0 Å². The van der Waals surface area contributed by atoms with E-state index in [4.69, 9.17) is 15.7 Å². The fourth-order valence-electron chi connectivity index (χ4n) is 4.05. The Morgan fingerprint density at radius 1 is 1.29 bits per heavy atom. The van der Waals surface area contributed by atoms with Crippen LogP contribution in [0, 0.1) is 0 Å². The fraction of sp³-hybridized carbons (Fsp3) is 0.318. The van der Waals surface area contributed by atoms with Gasteiger partial charge in [0.05, 0.1) is 22.8 Å². The lowest BCUT2D eigenvalue weighted by molar-refractivity contribution is 0.0795. The van der Waals surface area contributed by atoms with Crippen LogP contribution in [0.3, 0.4) is 0 Å². The first-order chi connectivity index (χ1) is 16.4. The van der Waals surface area contributed by atoms with E-state index in [2.05, 4.69) is 15.1 Å². The number of rotatable bonds is 4. The van der Waals surface area contributed by atoms with Gasteiger partial charge in [-0.25, -0.2) is 9.78 Å². The maximum Gasteiger partial charge on any atom is 0.326 e. The predicted molar refractivity (Wildman–Crippen MR) is 125 cm³/mol. The Balaban J connectivity index is 1.46. The van der Waals surface area contributed by atoms with Gasteiger partial charge in [-0.3, -0.25) is 14.8 Å². The van der Waals surface area contributed by atoms with Crippen molar-refractivity contribution in [3.63, 3.8) is 0 Å². The van der Waals surface area contributed by atoms with Crippen LogP contribution in [0.5, 0.6) is 5.88 Å². The molecular formula is C22H22N8O3S. The topological polar surface area (TPSA) is 158 Å². The molecule has 2 fully saturated rings. The van der Waals surface area contributed by atoms with Crippen LogP contribution in [-0.2, 0) is 0 Å². The number of aromatic hydroxyl groups is 1. The number of H-pyrrole nitrogens is 2. The van der Waals surface area contributed by atoms with Gasteiger partial charge in [0, 0.05) is 41.4 Å². The van der Waals surface area contributed by atoms with Crippen molar-refractivity contribution >= 4 is 29.0 Å². The summed E-state index contributed by atoms with van der Waals surface area (Å²) >= 11 is 1.38. The third-order valence-electron chi connectivity index (χ3n) is 6.00. The number of amides is 1. The molecule has 174 valence electrons. The summed E-state index contributed by atoms with van der Waals surface area (Å²) in [5.41, 5.74) is 8.37. The second-order valence-corrected chi connectivity index (χ2v) is 9.59. The Morgan fingerprint density at radius 2 is 2.15 bits per heavy atom. The highest BCUT2D eigenvalue weighted by Crippen LogP contribution is 2.26. The summed E-state index contributed by atoms with van der Waals surface area (Å²) in [7, 11) is 0. The van der Waals surface area contributed by atoms with Crippen molar-refractivity contribution in [2.45, 2.75) is 31.3 Å². The Labute approximate surface area is 196 Å². The summed E-state index contributed by atoms with van der Waals surface area (Å²) in [6, 6.07) is 4.02. The number of hydrogen-bond donors (Lipinski definition) is 4. The highest BCUT2D eigenvalue weighted by molar-refractivity contribution is 7.12. The molecule has 12 heteroatoms. The SMILES string of the molecule is N[C@@H]1CCN(C(=O)c2cc(-c3cc(=NC4CC4)n4nc/c(=C/c5[nH]c(=O)[nH]c5O)c4n3)cs2)C1. The number of carbonyl (C=O) groups is 1. The quantitative estimate of drug-likeness (QED) is 0.322. The van der Waals surface area contributed by atoms with Gasteiger partial charge in [-0.1, -0.05) is 0 Å². The van der Waals surface area contributed by atoms with Gasteiger partial charge in [0.15, 0.2) is 11.1 Å². The normalized spacial score (nSPS) is 19.6. The minimum Gasteiger partial charge on any atom is -0.493 e. The summed E-state index contributed by atoms with van der Waals surface area (Å²) in [5.74, 6) is -0.274. The molecule has 0 bridgehead atoms. The summed E-state index contributed by atoms with van der Waals surface area (Å²) in [6.07, 6.45) is 6.10. The molecule has 1 saturated heterocycles. The van der Waals surface area contributed by atoms with Gasteiger partial charge in [-0.2, -0.15) is 9.61 Å². The molecule has 5 heterocycles. The number of aromatic nitrogens is 5. The van der Waals surface area contributed by atoms with Gasteiger partial charge >= 0.3 is 5.69 Å². The molecule has 0 aromatic carbocycles. The van der Waals surface area contributed by atoms with Crippen molar-refractivity contribution < 1.29 is 9.90 Å². The molecule has 1 aliphatic heterocycles. The van der Waals surface area contributed by atoms with E-state index in [0.29, 0.717) is 40.0 Å². The standard InChI is InChI=1S/C22H22N8O3S/c23-13-3-4-29(9-13)21(32)17-6-12(10-34-17)15-7-18(25-14-1-2-14)30-19(26-15)11(8-24-30)5-16-20(31)28-22(33)27-16/h5-8,10,13-14,31H,1-4,9,23H2,(H2,27,28,33)/b11-5-,25-18?/t13-/m1/s1. The number of carbonyl (C=O) groups excluding carboxylic acids is 1. The minimum absolute atomic E-state index is 0.0153. The third kappa shape index (κ3) is 3.80. The van der Waals surface area contributed by atoms with E-state index in [-0.39, 0.29) is 29.6 Å². The lowest BCUT2D eigenvalue weighted by atomic mass is 10.2. The lowest BCUT2D eigenvalue weighted by Gasteiger charge is -2.14. The maximum atomic E-state index is 12.9. The molecule has 4 aromatic rings. The minimum atomic E-state index is -0.507. The summed E-state index contributed by atoms with van der Waals surface area (Å²) in [5, 5.41) is 16.9. The first kappa shape index (κ1) is 20.8. The second-order valence-electron chi connectivity index (χ2n) is 8.68. The lowest BCUT2D eigenvalue weighted by Crippen LogP contribution is -2.31. The van der Waals surface area contributed by atoms with Crippen molar-refractivity contribution in [2.24, 2.45) is 10.7 Å². The molecule has 0 unspecified atom stereocenters. The number of fused-ring (bicyclic) bond motifs is 1. The third-order valence-corrected chi connectivity index (χ3v) is 6.91. The Hall–Kier alpha value is -3.77. The van der Waals surface area contributed by atoms with Crippen LogP contribution in [0.2, 0.25) is 0 Å². The van der Waals surface area contributed by atoms with Gasteiger partial charge in [-0.05, 0) is 31.4 Å². The van der Waals surface area contributed by atoms with E-state index < -0.39 is 5.69 Å². The van der Waals surface area contributed by atoms with Crippen molar-refractivity contribution in [3.05, 3.63) is 55.5 Å². The van der Waals surface area contributed by atoms with Crippen LogP contribution in [-0.4, -0.2) is 65.7 Å². The maximum absolute atomic E-state index is 12.9. The largest absolute Gasteiger partial charge is 0.493 e. The van der Waals surface area contributed by atoms with E-state index >= 15 is 0 Å². The number of nitrogens with two attached hydrogens (primary N) is 1. The Bertz CT molecular complexity index is 1590. The smallest absolute Gasteiger partial charge is 0.326 e. The summed E-state index contributed by atoms with van der Waals surface area (Å²) < 4.78 is 1.65. The zero-order chi connectivity index (χ0) is 23.4. The van der Waals surface area contributed by atoms with Crippen LogP contribution < -0.4 is 22.1 Å². The number of hydrogen-bond acceptors (Lipinski definition) is 8. The monoisotopic (exact) mass is 478 g/mol. The molecule has 1 aliphatic carbocycles. The van der Waals surface area contributed by atoms with E-state index in [0.717, 1.165) is 24.8 Å². The van der Waals surface area contributed by atoms with E-state index in [9.17, 15) is 14.7 Å². The highest BCUT2D eigenvalue weighted by atomic mass is 32.1. The molecule has 4 aromatic heterocycles. The zero-order valence-electron chi connectivity index (χ0n) is 18.1. The molecule has 1 amide bonds. The summed E-state index contributed by atoms with van der Waals surface area (Å²) in [4.78, 5) is 41.3. The van der Waals surface area contributed by atoms with Crippen molar-refractivity contribution in [1.82, 2.24) is 29.5 Å². The molecule has 0 spiro atoms. The van der Waals surface area contributed by atoms with Gasteiger partial charge in [-0.15, -0.1) is 11.3 Å². The van der Waals surface area contributed by atoms with E-state index in [1.165, 1.54) is 11.3 Å². The Morgan fingerprint density at radius 3 is 2.85 bits per heavy atom. The molecule has 11 nitrogen and oxygen atoms in total. The highest BCUT2D eigenvalue weighted by Gasteiger charge is 2.26. The molecule has 1 atom stereocenters. The van der Waals surface area contributed by atoms with Crippen LogP contribution in [0.25, 0.3) is 23.0 Å². The average molecular weight is 479 g/mol. The van der Waals surface area contributed by atoms with Gasteiger partial charge in [0.1, 0.15) is 5.69 Å². The van der Waals surface area contributed by atoms with Crippen LogP contribution in [0.4, 0.5) is 0 Å². The van der Waals surface area contributed by atoms with Gasteiger partial charge in [0.25, 0.3) is 5.91 Å². The second kappa shape index (κ2) is 7.92. The first-order valence-electron chi connectivity index (χ1n) is 11.0. The first-order valence-corrected chi connectivity index (χ1v) is 11.9. The number of nitrogens with zero attached hydrogens (tertiary/aromatic N) is 5. The van der Waals surface area contributed by atoms with Gasteiger partial charge < -0.3 is 20.7 Å². The molecule has 5 N–H and O–H groups in total. The van der Waals surface area contributed by atoms with Crippen LogP contribution in [0.1, 0.15) is 34.6 Å². The summed E-state index contributed by atoms with van der Waals surface area (Å²) in [6.45, 7) is 1.24. The number of imidazole rings is 1. The van der Waals surface area contributed by atoms with Crippen molar-refractivity contribution in [2.75, 3.05) is 13.1 Å². The Kier molecular flexibility index (Phi) is 4.85. The molecule has 6 rings (SSSR count). The predicted octanol–water partition coefficient (Wildman–Crippen LogP) is -0.0362. The van der Waals surface area contributed by atoms with Gasteiger partial charge in [0.2, 0.25) is 5.88 Å². The zero-order valence-corrected chi connectivity index (χ0v) is 18.9. The van der Waals surface area contributed by atoms with E-state index in [1.807, 2.05) is 17.5 Å². The average Bonchev–Trinajstić information content (AvgIpc) is 3.18. The molecule has 34 heavy (non-hydrogen) atoms. The number of likely N-dealkylation sites (tertiary alicyclic amines) is 1. The molecule has 1 saturated carbocycles. The number of thiophene rings is 1. The van der Waals surface area contributed by atoms with Crippen LogP contribution in [0.15, 0.2) is 33.5 Å². The molecular weight excluding hydrogens is 456 g/mol. The number of nitrogens with one attached hydrogen (secondary N) is 2. The number of aromatic amines is 2. The van der Waals surface area contributed by atoms with Crippen LogP contribution >= 0.6 is 11.3 Å². The van der Waals surface area contributed by atoms with E-state index in [1.54, 1.807) is 21.7 Å². The molecule has 0 radical (unpaired) electrons.